The van der Waals surface area contributed by atoms with Gasteiger partial charge in [0.1, 0.15) is 5.75 Å². The van der Waals surface area contributed by atoms with Crippen LogP contribution < -0.4 is 9.64 Å². The number of carbonyl (C=O) groups is 2. The van der Waals surface area contributed by atoms with Crippen LogP contribution in [0, 0.1) is 11.8 Å². The molecule has 0 aromatic heterocycles. The molecule has 0 radical (unpaired) electrons. The molecule has 0 aliphatic rings. The van der Waals surface area contributed by atoms with E-state index >= 15 is 0 Å². The van der Waals surface area contributed by atoms with Crippen LogP contribution in [0.4, 0.5) is 5.69 Å². The molecule has 4 nitrogen and oxygen atoms in total. The average Bonchev–Trinajstić information content (AvgIpc) is 2.40. The van der Waals surface area contributed by atoms with Gasteiger partial charge in [-0.1, -0.05) is 5.92 Å². The Hall–Kier alpha value is -2.28. The van der Waals surface area contributed by atoms with Gasteiger partial charge in [0.25, 0.3) is 0 Å². The van der Waals surface area contributed by atoms with E-state index in [9.17, 15) is 9.59 Å². The molecule has 0 unspecified atom stereocenters. The minimum Gasteiger partial charge on any atom is -0.416 e. The molecule has 0 amide bonds. The number of rotatable bonds is 5. The van der Waals surface area contributed by atoms with Crippen molar-refractivity contribution in [2.24, 2.45) is 0 Å². The third-order valence-electron chi connectivity index (χ3n) is 2.68. The molecule has 1 rings (SSSR count). The highest BCUT2D eigenvalue weighted by molar-refractivity contribution is 5.92. The maximum Gasteiger partial charge on any atom is 0.389 e. The van der Waals surface area contributed by atoms with Gasteiger partial charge in [0.2, 0.25) is 0 Å². The van der Waals surface area contributed by atoms with Gasteiger partial charge in [-0.25, -0.2) is 4.79 Å². The number of hydrogen-bond acceptors (Lipinski definition) is 4. The topological polar surface area (TPSA) is 46.6 Å². The maximum atomic E-state index is 11.4. The van der Waals surface area contributed by atoms with Gasteiger partial charge in [0.15, 0.2) is 6.29 Å². The van der Waals surface area contributed by atoms with Crippen molar-refractivity contribution in [2.75, 3.05) is 18.0 Å². The fraction of sp³-hybridized carbons (Fsp3) is 0.333. The number of benzene rings is 1. The van der Waals surface area contributed by atoms with Crippen LogP contribution in [0.3, 0.4) is 0 Å². The highest BCUT2D eigenvalue weighted by Gasteiger charge is 2.10. The fourth-order valence-corrected chi connectivity index (χ4v) is 1.72. The lowest BCUT2D eigenvalue weighted by molar-refractivity contribution is -0.128. The normalized spacial score (nSPS) is 9.21. The van der Waals surface area contributed by atoms with Gasteiger partial charge < -0.3 is 9.64 Å². The zero-order valence-corrected chi connectivity index (χ0v) is 11.4. The van der Waals surface area contributed by atoms with E-state index in [0.717, 1.165) is 18.8 Å². The van der Waals surface area contributed by atoms with E-state index in [0.29, 0.717) is 11.8 Å². The summed E-state index contributed by atoms with van der Waals surface area (Å²) in [6.45, 7) is 7.28. The van der Waals surface area contributed by atoms with Crippen molar-refractivity contribution < 1.29 is 14.3 Å². The van der Waals surface area contributed by atoms with Crippen LogP contribution in [0.15, 0.2) is 18.2 Å². The first kappa shape index (κ1) is 14.8. The summed E-state index contributed by atoms with van der Waals surface area (Å²) in [4.78, 5) is 24.4. The Labute approximate surface area is 113 Å². The van der Waals surface area contributed by atoms with Crippen LogP contribution in [0.5, 0.6) is 5.75 Å². The number of aldehydes is 1. The molecule has 0 spiro atoms. The molecule has 19 heavy (non-hydrogen) atoms. The maximum absolute atomic E-state index is 11.4. The van der Waals surface area contributed by atoms with E-state index in [1.807, 2.05) is 19.9 Å². The van der Waals surface area contributed by atoms with Gasteiger partial charge in [-0.3, -0.25) is 4.79 Å². The zero-order valence-electron chi connectivity index (χ0n) is 11.4. The standard InChI is InChI=1S/C15H17NO3/c1-4-7-15(18)19-14-10-13(16(5-2)6-3)9-8-12(14)11-17/h8-11H,5-6H2,1-3H3. The number of nitrogens with zero attached hydrogens (tertiary/aromatic N) is 1. The molecule has 0 saturated heterocycles. The van der Waals surface area contributed by atoms with Gasteiger partial charge in [-0.2, -0.15) is 0 Å². The van der Waals surface area contributed by atoms with E-state index in [4.69, 9.17) is 4.74 Å². The lowest BCUT2D eigenvalue weighted by Crippen LogP contribution is -2.22. The SMILES string of the molecule is CC#CC(=O)Oc1cc(N(CC)CC)ccc1C=O. The van der Waals surface area contributed by atoms with E-state index in [1.165, 1.54) is 0 Å². The first-order chi connectivity index (χ1) is 9.15. The van der Waals surface area contributed by atoms with Crippen LogP contribution in [0.25, 0.3) is 0 Å². The molecule has 0 aliphatic heterocycles. The van der Waals surface area contributed by atoms with Crippen LogP contribution in [-0.2, 0) is 4.79 Å². The highest BCUT2D eigenvalue weighted by Crippen LogP contribution is 2.25. The minimum absolute atomic E-state index is 0.243. The Morgan fingerprint density at radius 1 is 1.37 bits per heavy atom. The largest absolute Gasteiger partial charge is 0.416 e. The molecule has 4 heteroatoms. The molecule has 100 valence electrons. The molecule has 0 N–H and O–H groups in total. The molecule has 1 aromatic rings. The molecular formula is C15H17NO3. The van der Waals surface area contributed by atoms with Crippen molar-refractivity contribution in [3.63, 3.8) is 0 Å². The van der Waals surface area contributed by atoms with Gasteiger partial charge in [-0.05, 0) is 32.9 Å². The third-order valence-corrected chi connectivity index (χ3v) is 2.68. The predicted octanol–water partition coefficient (Wildman–Crippen LogP) is 2.27. The Kier molecular flexibility index (Phi) is 5.62. The first-order valence-electron chi connectivity index (χ1n) is 6.15. The van der Waals surface area contributed by atoms with Crippen molar-refractivity contribution >= 4 is 17.9 Å². The second-order valence-corrected chi connectivity index (χ2v) is 3.78. The molecule has 0 aliphatic carbocycles. The summed E-state index contributed by atoms with van der Waals surface area (Å²) < 4.78 is 5.09. The van der Waals surface area contributed by atoms with Crippen molar-refractivity contribution in [3.8, 4) is 17.6 Å². The van der Waals surface area contributed by atoms with Crippen molar-refractivity contribution in [2.45, 2.75) is 20.8 Å². The first-order valence-corrected chi connectivity index (χ1v) is 6.15. The fourth-order valence-electron chi connectivity index (χ4n) is 1.72. The number of anilines is 1. The second kappa shape index (κ2) is 7.22. The van der Waals surface area contributed by atoms with Crippen LogP contribution >= 0.6 is 0 Å². The number of ether oxygens (including phenoxy) is 1. The molecule has 0 saturated carbocycles. The molecular weight excluding hydrogens is 242 g/mol. The van der Waals surface area contributed by atoms with Crippen LogP contribution in [0.1, 0.15) is 31.1 Å². The van der Waals surface area contributed by atoms with Crippen LogP contribution in [-0.4, -0.2) is 25.3 Å². The number of hydrogen-bond donors (Lipinski definition) is 0. The minimum atomic E-state index is -0.665. The summed E-state index contributed by atoms with van der Waals surface area (Å²) in [7, 11) is 0. The summed E-state index contributed by atoms with van der Waals surface area (Å²) in [6, 6.07) is 5.16. The van der Waals surface area contributed by atoms with Crippen molar-refractivity contribution in [3.05, 3.63) is 23.8 Å². The Morgan fingerprint density at radius 3 is 2.58 bits per heavy atom. The Bertz CT molecular complexity index is 522. The highest BCUT2D eigenvalue weighted by atomic mass is 16.5. The van der Waals surface area contributed by atoms with Crippen LogP contribution in [0.2, 0.25) is 0 Å². The summed E-state index contributed by atoms with van der Waals surface area (Å²) in [5, 5.41) is 0. The van der Waals surface area contributed by atoms with Crippen molar-refractivity contribution in [1.82, 2.24) is 0 Å². The Morgan fingerprint density at radius 2 is 2.05 bits per heavy atom. The molecule has 0 fully saturated rings. The lowest BCUT2D eigenvalue weighted by atomic mass is 10.2. The van der Waals surface area contributed by atoms with E-state index in [-0.39, 0.29) is 5.75 Å². The number of esters is 1. The summed E-state index contributed by atoms with van der Waals surface area (Å²) in [5.41, 5.74) is 1.24. The number of carbonyl (C=O) groups excluding carboxylic acids is 2. The lowest BCUT2D eigenvalue weighted by Gasteiger charge is -2.21. The van der Waals surface area contributed by atoms with E-state index in [2.05, 4.69) is 16.7 Å². The van der Waals surface area contributed by atoms with E-state index < -0.39 is 5.97 Å². The quantitative estimate of drug-likeness (QED) is 0.267. The smallest absolute Gasteiger partial charge is 0.389 e. The average molecular weight is 259 g/mol. The zero-order chi connectivity index (χ0) is 14.3. The molecule has 0 heterocycles. The summed E-state index contributed by atoms with van der Waals surface area (Å²) >= 11 is 0. The summed E-state index contributed by atoms with van der Waals surface area (Å²) in [6.07, 6.45) is 0.661. The Balaban J connectivity index is 3.11. The second-order valence-electron chi connectivity index (χ2n) is 3.78. The molecule has 0 atom stereocenters. The van der Waals surface area contributed by atoms with Gasteiger partial charge >= 0.3 is 5.97 Å². The van der Waals surface area contributed by atoms with E-state index in [1.54, 1.807) is 19.1 Å². The predicted molar refractivity (Wildman–Crippen MR) is 74.5 cm³/mol. The molecule has 1 aromatic carbocycles. The summed E-state index contributed by atoms with van der Waals surface area (Å²) in [5.74, 6) is 4.32. The van der Waals surface area contributed by atoms with Crippen molar-refractivity contribution in [1.29, 1.82) is 0 Å². The van der Waals surface area contributed by atoms with Gasteiger partial charge in [0, 0.05) is 30.8 Å². The van der Waals surface area contributed by atoms with Gasteiger partial charge in [-0.15, -0.1) is 0 Å². The molecule has 0 bridgehead atoms. The van der Waals surface area contributed by atoms with Gasteiger partial charge in [0.05, 0.1) is 5.56 Å². The third kappa shape index (κ3) is 3.85. The monoisotopic (exact) mass is 259 g/mol.